The van der Waals surface area contributed by atoms with E-state index in [0.29, 0.717) is 19.6 Å². The first-order valence-corrected chi connectivity index (χ1v) is 7.11. The summed E-state index contributed by atoms with van der Waals surface area (Å²) in [7, 11) is 3.43. The lowest BCUT2D eigenvalue weighted by Gasteiger charge is -2.12. The summed E-state index contributed by atoms with van der Waals surface area (Å²) in [6.45, 7) is 2.24. The summed E-state index contributed by atoms with van der Waals surface area (Å²) in [5.74, 6) is 1.53. The largest absolute Gasteiger partial charge is 0.454 e. The van der Waals surface area contributed by atoms with Crippen molar-refractivity contribution in [2.45, 2.75) is 6.54 Å². The highest BCUT2D eigenvalue weighted by molar-refractivity contribution is 9.10. The van der Waals surface area contributed by atoms with Gasteiger partial charge in [0, 0.05) is 38.2 Å². The molecule has 2 rings (SSSR count). The summed E-state index contributed by atoms with van der Waals surface area (Å²) in [6, 6.07) is 3.78. The zero-order chi connectivity index (χ0) is 14.5. The Morgan fingerprint density at radius 3 is 2.70 bits per heavy atom. The fourth-order valence-corrected chi connectivity index (χ4v) is 2.20. The van der Waals surface area contributed by atoms with Gasteiger partial charge in [-0.05, 0) is 17.7 Å². The van der Waals surface area contributed by atoms with Crippen LogP contribution in [0.15, 0.2) is 16.6 Å². The number of urea groups is 1. The van der Waals surface area contributed by atoms with Gasteiger partial charge in [-0.1, -0.05) is 15.9 Å². The van der Waals surface area contributed by atoms with E-state index in [1.165, 1.54) is 4.90 Å². The normalized spacial score (nSPS) is 12.3. The summed E-state index contributed by atoms with van der Waals surface area (Å²) in [6.07, 6.45) is 0. The van der Waals surface area contributed by atoms with Crippen LogP contribution < -0.4 is 20.1 Å². The van der Waals surface area contributed by atoms with Crippen molar-refractivity contribution in [2.75, 3.05) is 34.0 Å². The Morgan fingerprint density at radius 2 is 2.00 bits per heavy atom. The molecule has 2 N–H and O–H groups in total. The molecule has 20 heavy (non-hydrogen) atoms. The molecule has 0 aromatic heterocycles. The molecule has 0 radical (unpaired) electrons. The molecule has 0 aliphatic carbocycles. The Labute approximate surface area is 126 Å². The molecule has 1 aliphatic rings. The Kier molecular flexibility index (Phi) is 5.08. The monoisotopic (exact) mass is 343 g/mol. The van der Waals surface area contributed by atoms with Gasteiger partial charge in [-0.2, -0.15) is 0 Å². The molecule has 0 unspecified atom stereocenters. The number of hydrogen-bond acceptors (Lipinski definition) is 4. The minimum Gasteiger partial charge on any atom is -0.454 e. The third-order valence-corrected chi connectivity index (χ3v) is 3.58. The van der Waals surface area contributed by atoms with E-state index in [1.54, 1.807) is 14.1 Å². The van der Waals surface area contributed by atoms with E-state index in [0.717, 1.165) is 21.5 Å². The third kappa shape index (κ3) is 3.77. The Bertz CT molecular complexity index is 494. The summed E-state index contributed by atoms with van der Waals surface area (Å²) < 4.78 is 11.6. The molecule has 0 saturated heterocycles. The van der Waals surface area contributed by atoms with Gasteiger partial charge < -0.3 is 25.0 Å². The molecule has 0 spiro atoms. The summed E-state index contributed by atoms with van der Waals surface area (Å²) in [5, 5.41) is 6.06. The van der Waals surface area contributed by atoms with Gasteiger partial charge in [0.25, 0.3) is 0 Å². The molecule has 7 heteroatoms. The van der Waals surface area contributed by atoms with Crippen molar-refractivity contribution in [1.82, 2.24) is 15.5 Å². The maximum atomic E-state index is 11.3. The second-order valence-electron chi connectivity index (χ2n) is 4.60. The quantitative estimate of drug-likeness (QED) is 0.796. The highest BCUT2D eigenvalue weighted by Crippen LogP contribution is 2.36. The van der Waals surface area contributed by atoms with Crippen LogP contribution in [-0.2, 0) is 6.54 Å². The number of nitrogens with one attached hydrogen (secondary N) is 2. The van der Waals surface area contributed by atoms with Gasteiger partial charge in [-0.25, -0.2) is 4.79 Å². The Balaban J connectivity index is 1.76. The van der Waals surface area contributed by atoms with Crippen LogP contribution in [0.25, 0.3) is 0 Å². The predicted octanol–water partition coefficient (Wildman–Crippen LogP) is 1.54. The van der Waals surface area contributed by atoms with Crippen molar-refractivity contribution >= 4 is 22.0 Å². The van der Waals surface area contributed by atoms with E-state index in [2.05, 4.69) is 26.6 Å². The van der Waals surface area contributed by atoms with E-state index < -0.39 is 0 Å². The van der Waals surface area contributed by atoms with Crippen LogP contribution in [0.2, 0.25) is 0 Å². The van der Waals surface area contributed by atoms with Crippen LogP contribution in [0, 0.1) is 0 Å². The Morgan fingerprint density at radius 1 is 1.30 bits per heavy atom. The standard InChI is InChI=1S/C13H18BrN3O3/c1-17(2)13(18)16-4-3-15-7-9-5-11-12(6-10(9)14)20-8-19-11/h5-6,15H,3-4,7-8H2,1-2H3,(H,16,18). The zero-order valence-electron chi connectivity index (χ0n) is 11.5. The van der Waals surface area contributed by atoms with Crippen LogP contribution in [0.4, 0.5) is 4.79 Å². The number of amides is 2. The van der Waals surface area contributed by atoms with Crippen LogP contribution in [0.3, 0.4) is 0 Å². The molecule has 6 nitrogen and oxygen atoms in total. The fraction of sp³-hybridized carbons (Fsp3) is 0.462. The number of fused-ring (bicyclic) bond motifs is 1. The zero-order valence-corrected chi connectivity index (χ0v) is 13.1. The highest BCUT2D eigenvalue weighted by Gasteiger charge is 2.15. The lowest BCUT2D eigenvalue weighted by molar-refractivity contribution is 0.174. The first-order valence-electron chi connectivity index (χ1n) is 6.32. The smallest absolute Gasteiger partial charge is 0.316 e. The molecule has 0 saturated carbocycles. The van der Waals surface area contributed by atoms with Crippen molar-refractivity contribution < 1.29 is 14.3 Å². The molecule has 1 aromatic carbocycles. The molecule has 110 valence electrons. The number of ether oxygens (including phenoxy) is 2. The molecular formula is C13H18BrN3O3. The molecule has 1 heterocycles. The second-order valence-corrected chi connectivity index (χ2v) is 5.45. The van der Waals surface area contributed by atoms with Crippen molar-refractivity contribution in [1.29, 1.82) is 0 Å². The molecule has 2 amide bonds. The highest BCUT2D eigenvalue weighted by atomic mass is 79.9. The SMILES string of the molecule is CN(C)C(=O)NCCNCc1cc2c(cc1Br)OCO2. The number of rotatable bonds is 5. The molecule has 0 atom stereocenters. The molecule has 1 aromatic rings. The average molecular weight is 344 g/mol. The van der Waals surface area contributed by atoms with Crippen molar-refractivity contribution in [3.63, 3.8) is 0 Å². The lowest BCUT2D eigenvalue weighted by atomic mass is 10.2. The molecule has 0 bridgehead atoms. The molecular weight excluding hydrogens is 326 g/mol. The predicted molar refractivity (Wildman–Crippen MR) is 79.1 cm³/mol. The molecule has 1 aliphatic heterocycles. The number of halogens is 1. The molecule has 0 fully saturated rings. The van der Waals surface area contributed by atoms with Crippen LogP contribution in [-0.4, -0.2) is 44.9 Å². The second kappa shape index (κ2) is 6.81. The van der Waals surface area contributed by atoms with Crippen LogP contribution in [0.1, 0.15) is 5.56 Å². The van der Waals surface area contributed by atoms with E-state index in [1.807, 2.05) is 12.1 Å². The summed E-state index contributed by atoms with van der Waals surface area (Å²) in [4.78, 5) is 12.8. The van der Waals surface area contributed by atoms with Gasteiger partial charge in [0.1, 0.15) is 0 Å². The van der Waals surface area contributed by atoms with Crippen molar-refractivity contribution in [3.8, 4) is 11.5 Å². The maximum Gasteiger partial charge on any atom is 0.316 e. The van der Waals surface area contributed by atoms with E-state index in [4.69, 9.17) is 9.47 Å². The van der Waals surface area contributed by atoms with Gasteiger partial charge in [0.15, 0.2) is 11.5 Å². The van der Waals surface area contributed by atoms with E-state index in [9.17, 15) is 4.79 Å². The lowest BCUT2D eigenvalue weighted by Crippen LogP contribution is -2.38. The number of nitrogens with zero attached hydrogens (tertiary/aromatic N) is 1. The minimum atomic E-state index is -0.0870. The van der Waals surface area contributed by atoms with Gasteiger partial charge in [-0.15, -0.1) is 0 Å². The van der Waals surface area contributed by atoms with E-state index >= 15 is 0 Å². The summed E-state index contributed by atoms with van der Waals surface area (Å²) >= 11 is 3.51. The Hall–Kier alpha value is -1.47. The van der Waals surface area contributed by atoms with Crippen molar-refractivity contribution in [2.24, 2.45) is 0 Å². The van der Waals surface area contributed by atoms with Crippen LogP contribution >= 0.6 is 15.9 Å². The maximum absolute atomic E-state index is 11.3. The topological polar surface area (TPSA) is 62.8 Å². The minimum absolute atomic E-state index is 0.0870. The first kappa shape index (κ1) is 14.9. The van der Waals surface area contributed by atoms with Crippen molar-refractivity contribution in [3.05, 3.63) is 22.2 Å². The van der Waals surface area contributed by atoms with Gasteiger partial charge >= 0.3 is 6.03 Å². The summed E-state index contributed by atoms with van der Waals surface area (Å²) in [5.41, 5.74) is 1.09. The number of benzene rings is 1. The van der Waals surface area contributed by atoms with Gasteiger partial charge in [0.05, 0.1) is 0 Å². The van der Waals surface area contributed by atoms with E-state index in [-0.39, 0.29) is 12.8 Å². The number of carbonyl (C=O) groups is 1. The third-order valence-electron chi connectivity index (χ3n) is 2.84. The van der Waals surface area contributed by atoms with Gasteiger partial charge in [-0.3, -0.25) is 0 Å². The fourth-order valence-electron chi connectivity index (χ4n) is 1.73. The first-order chi connectivity index (χ1) is 9.58. The number of carbonyl (C=O) groups excluding carboxylic acids is 1. The van der Waals surface area contributed by atoms with Gasteiger partial charge in [0.2, 0.25) is 6.79 Å². The number of hydrogen-bond donors (Lipinski definition) is 2. The average Bonchev–Trinajstić information content (AvgIpc) is 2.84. The van der Waals surface area contributed by atoms with Crippen LogP contribution in [0.5, 0.6) is 11.5 Å².